The van der Waals surface area contributed by atoms with Gasteiger partial charge in [-0.2, -0.15) is 0 Å². The van der Waals surface area contributed by atoms with E-state index in [0.29, 0.717) is 6.54 Å². The fraction of sp³-hybridized carbons (Fsp3) is 0.846. The van der Waals surface area contributed by atoms with Gasteiger partial charge in [-0.15, -0.1) is 0 Å². The number of amides is 1. The van der Waals surface area contributed by atoms with Crippen LogP contribution >= 0.6 is 0 Å². The minimum Gasteiger partial charge on any atom is -0.480 e. The molecule has 6 heteroatoms. The molecule has 3 N–H and O–H groups in total. The third-order valence-corrected chi connectivity index (χ3v) is 4.25. The van der Waals surface area contributed by atoms with Gasteiger partial charge in [-0.3, -0.25) is 4.79 Å². The number of aliphatic carboxylic acids is 1. The first-order valence-corrected chi connectivity index (χ1v) is 6.93. The molecule has 19 heavy (non-hydrogen) atoms. The summed E-state index contributed by atoms with van der Waals surface area (Å²) in [5, 5.41) is 22.0. The number of carbonyl (C=O) groups is 2. The maximum absolute atomic E-state index is 12.7. The van der Waals surface area contributed by atoms with Crippen molar-refractivity contribution in [2.45, 2.75) is 44.8 Å². The Morgan fingerprint density at radius 1 is 1.47 bits per heavy atom. The average molecular weight is 270 g/mol. The number of carbonyl (C=O) groups excluding carboxylic acids is 1. The lowest BCUT2D eigenvalue weighted by Crippen LogP contribution is -2.49. The molecule has 0 radical (unpaired) electrons. The maximum atomic E-state index is 12.7. The van der Waals surface area contributed by atoms with E-state index in [4.69, 9.17) is 0 Å². The Bertz CT molecular complexity index is 366. The van der Waals surface area contributed by atoms with E-state index >= 15 is 0 Å². The summed E-state index contributed by atoms with van der Waals surface area (Å²) < 4.78 is 0. The molecule has 2 saturated heterocycles. The average Bonchev–Trinajstić information content (AvgIpc) is 2.96. The van der Waals surface area contributed by atoms with Crippen LogP contribution in [0.5, 0.6) is 0 Å². The van der Waals surface area contributed by atoms with Crippen molar-refractivity contribution in [1.29, 1.82) is 0 Å². The lowest BCUT2D eigenvalue weighted by atomic mass is 9.81. The first kappa shape index (κ1) is 14.3. The smallest absolute Gasteiger partial charge is 0.326 e. The lowest BCUT2D eigenvalue weighted by molar-refractivity contribution is -0.153. The number of aliphatic hydroxyl groups excluding tert-OH is 1. The zero-order valence-electron chi connectivity index (χ0n) is 11.3. The molecule has 2 aliphatic rings. The summed E-state index contributed by atoms with van der Waals surface area (Å²) in [6, 6.07) is -0.878. The Morgan fingerprint density at radius 3 is 2.74 bits per heavy atom. The van der Waals surface area contributed by atoms with Crippen LogP contribution in [0.4, 0.5) is 0 Å². The first-order valence-electron chi connectivity index (χ1n) is 6.93. The van der Waals surface area contributed by atoms with E-state index in [1.165, 1.54) is 4.90 Å². The van der Waals surface area contributed by atoms with Crippen LogP contribution in [-0.4, -0.2) is 58.8 Å². The third-order valence-electron chi connectivity index (χ3n) is 4.25. The van der Waals surface area contributed by atoms with Gasteiger partial charge in [0, 0.05) is 19.5 Å². The molecule has 0 bridgehead atoms. The molecule has 2 heterocycles. The Kier molecular flexibility index (Phi) is 4.10. The van der Waals surface area contributed by atoms with Crippen LogP contribution < -0.4 is 5.32 Å². The van der Waals surface area contributed by atoms with E-state index in [-0.39, 0.29) is 18.9 Å². The number of β-amino-alcohol motifs (C(OH)–C–C–N with tert-alkyl or cyclic N) is 1. The van der Waals surface area contributed by atoms with E-state index in [0.717, 1.165) is 25.8 Å². The van der Waals surface area contributed by atoms with Crippen LogP contribution in [0.25, 0.3) is 0 Å². The minimum absolute atomic E-state index is 0.108. The predicted octanol–water partition coefficient (Wildman–Crippen LogP) is -0.187. The normalized spacial score (nSPS) is 34.7. The summed E-state index contributed by atoms with van der Waals surface area (Å²) in [5.74, 6) is -1.13. The lowest BCUT2D eigenvalue weighted by Gasteiger charge is -2.33. The fourth-order valence-corrected chi connectivity index (χ4v) is 3.30. The standard InChI is InChI=1S/C13H22N2O4/c1-2-3-13(4-5-14-8-13)12(19)15-7-9(16)6-10(15)11(17)18/h9-10,14,16H,2-8H2,1H3,(H,17,18)/t9-,10+,13?/m1/s1. The predicted molar refractivity (Wildman–Crippen MR) is 68.6 cm³/mol. The van der Waals surface area contributed by atoms with E-state index in [1.807, 2.05) is 6.92 Å². The van der Waals surface area contributed by atoms with E-state index in [9.17, 15) is 19.8 Å². The van der Waals surface area contributed by atoms with Crippen molar-refractivity contribution < 1.29 is 19.8 Å². The van der Waals surface area contributed by atoms with Gasteiger partial charge in [0.2, 0.25) is 5.91 Å². The minimum atomic E-state index is -1.03. The van der Waals surface area contributed by atoms with Gasteiger partial charge in [0.25, 0.3) is 0 Å². The molecule has 2 aliphatic heterocycles. The Morgan fingerprint density at radius 2 is 2.21 bits per heavy atom. The van der Waals surface area contributed by atoms with Gasteiger partial charge in [0.1, 0.15) is 6.04 Å². The van der Waals surface area contributed by atoms with E-state index in [1.54, 1.807) is 0 Å². The second kappa shape index (κ2) is 5.46. The summed E-state index contributed by atoms with van der Waals surface area (Å²) in [6.07, 6.45) is 1.81. The van der Waals surface area contributed by atoms with Gasteiger partial charge >= 0.3 is 5.97 Å². The quantitative estimate of drug-likeness (QED) is 0.659. The van der Waals surface area contributed by atoms with Crippen molar-refractivity contribution in [2.24, 2.45) is 5.41 Å². The summed E-state index contributed by atoms with van der Waals surface area (Å²) in [7, 11) is 0. The highest BCUT2D eigenvalue weighted by Gasteiger charge is 2.48. The van der Waals surface area contributed by atoms with Crippen LogP contribution in [0.15, 0.2) is 0 Å². The highest BCUT2D eigenvalue weighted by Crippen LogP contribution is 2.35. The molecule has 6 nitrogen and oxygen atoms in total. The second-order valence-electron chi connectivity index (χ2n) is 5.66. The van der Waals surface area contributed by atoms with Crippen molar-refractivity contribution >= 4 is 11.9 Å². The number of hydrogen-bond acceptors (Lipinski definition) is 4. The van der Waals surface area contributed by atoms with Crippen LogP contribution in [0.1, 0.15) is 32.6 Å². The fourth-order valence-electron chi connectivity index (χ4n) is 3.30. The molecule has 1 amide bonds. The molecule has 1 unspecified atom stereocenters. The van der Waals surface area contributed by atoms with E-state index in [2.05, 4.69) is 5.32 Å². The molecule has 0 aromatic carbocycles. The molecule has 0 aliphatic carbocycles. The number of hydrogen-bond donors (Lipinski definition) is 3. The maximum Gasteiger partial charge on any atom is 0.326 e. The Labute approximate surface area is 112 Å². The van der Waals surface area contributed by atoms with Crippen molar-refractivity contribution in [3.63, 3.8) is 0 Å². The summed E-state index contributed by atoms with van der Waals surface area (Å²) >= 11 is 0. The zero-order chi connectivity index (χ0) is 14.0. The molecule has 2 fully saturated rings. The second-order valence-corrected chi connectivity index (χ2v) is 5.66. The van der Waals surface area contributed by atoms with Gasteiger partial charge < -0.3 is 20.4 Å². The number of likely N-dealkylation sites (tertiary alicyclic amines) is 1. The van der Waals surface area contributed by atoms with Crippen molar-refractivity contribution in [3.05, 3.63) is 0 Å². The summed E-state index contributed by atoms with van der Waals surface area (Å²) in [4.78, 5) is 25.3. The van der Waals surface area contributed by atoms with Crippen LogP contribution in [-0.2, 0) is 9.59 Å². The molecule has 0 spiro atoms. The Hall–Kier alpha value is -1.14. The summed E-state index contributed by atoms with van der Waals surface area (Å²) in [5.41, 5.74) is -0.480. The molecule has 2 rings (SSSR count). The number of aliphatic hydroxyl groups is 1. The van der Waals surface area contributed by atoms with Gasteiger partial charge in [-0.1, -0.05) is 13.3 Å². The van der Waals surface area contributed by atoms with Gasteiger partial charge in [0.15, 0.2) is 0 Å². The topological polar surface area (TPSA) is 89.9 Å². The highest BCUT2D eigenvalue weighted by molar-refractivity contribution is 5.88. The van der Waals surface area contributed by atoms with Gasteiger partial charge in [-0.05, 0) is 19.4 Å². The van der Waals surface area contributed by atoms with Crippen LogP contribution in [0.2, 0.25) is 0 Å². The van der Waals surface area contributed by atoms with Crippen LogP contribution in [0.3, 0.4) is 0 Å². The monoisotopic (exact) mass is 270 g/mol. The van der Waals surface area contributed by atoms with Crippen molar-refractivity contribution in [3.8, 4) is 0 Å². The van der Waals surface area contributed by atoms with Gasteiger partial charge in [0.05, 0.1) is 11.5 Å². The number of carboxylic acids is 1. The zero-order valence-corrected chi connectivity index (χ0v) is 11.3. The molecule has 3 atom stereocenters. The van der Waals surface area contributed by atoms with Crippen molar-refractivity contribution in [1.82, 2.24) is 10.2 Å². The summed E-state index contributed by atoms with van der Waals surface area (Å²) in [6.45, 7) is 3.57. The third kappa shape index (κ3) is 2.60. The molecule has 0 saturated carbocycles. The Balaban J connectivity index is 2.19. The number of rotatable bonds is 4. The first-order chi connectivity index (χ1) is 9.00. The number of nitrogens with zero attached hydrogens (tertiary/aromatic N) is 1. The highest BCUT2D eigenvalue weighted by atomic mass is 16.4. The number of nitrogens with one attached hydrogen (secondary N) is 1. The van der Waals surface area contributed by atoms with Crippen molar-refractivity contribution in [2.75, 3.05) is 19.6 Å². The number of carboxylic acid groups (broad SMARTS) is 1. The molecular formula is C13H22N2O4. The van der Waals surface area contributed by atoms with Gasteiger partial charge in [-0.25, -0.2) is 4.79 Å². The van der Waals surface area contributed by atoms with Crippen LogP contribution in [0, 0.1) is 5.41 Å². The van der Waals surface area contributed by atoms with E-state index < -0.39 is 23.5 Å². The SMILES string of the molecule is CCCC1(C(=O)N2C[C@H](O)C[C@H]2C(=O)O)CCNC1. The molecule has 0 aromatic heterocycles. The molecule has 108 valence electrons. The molecular weight excluding hydrogens is 248 g/mol. The largest absolute Gasteiger partial charge is 0.480 e. The molecule has 0 aromatic rings.